The number of benzene rings is 1. The summed E-state index contributed by atoms with van der Waals surface area (Å²) >= 11 is 5.84. The quantitative estimate of drug-likeness (QED) is 0.628. The van der Waals surface area contributed by atoms with Crippen LogP contribution < -0.4 is 0 Å². The van der Waals surface area contributed by atoms with E-state index in [1.54, 1.807) is 0 Å². The van der Waals surface area contributed by atoms with Crippen LogP contribution in [-0.4, -0.2) is 0 Å². The molecule has 0 heterocycles. The SMILES string of the molecule is Cc1ccc(CC#N)cc1Cl. The van der Waals surface area contributed by atoms with Crippen molar-refractivity contribution in [3.63, 3.8) is 0 Å². The second-order valence-corrected chi connectivity index (χ2v) is 2.83. The monoisotopic (exact) mass is 165 g/mol. The van der Waals surface area contributed by atoms with Gasteiger partial charge in [0.05, 0.1) is 12.5 Å². The number of hydrogen-bond donors (Lipinski definition) is 0. The molecule has 0 atom stereocenters. The summed E-state index contributed by atoms with van der Waals surface area (Å²) in [4.78, 5) is 0. The summed E-state index contributed by atoms with van der Waals surface area (Å²) in [5.74, 6) is 0. The van der Waals surface area contributed by atoms with Gasteiger partial charge in [0, 0.05) is 5.02 Å². The lowest BCUT2D eigenvalue weighted by Crippen LogP contribution is -1.82. The Morgan fingerprint density at radius 2 is 2.27 bits per heavy atom. The smallest absolute Gasteiger partial charge is 0.0669 e. The van der Waals surface area contributed by atoms with Crippen molar-refractivity contribution < 1.29 is 0 Å². The Labute approximate surface area is 71.2 Å². The van der Waals surface area contributed by atoms with Crippen LogP contribution in [0.4, 0.5) is 0 Å². The Balaban J connectivity index is 2.98. The van der Waals surface area contributed by atoms with Crippen molar-refractivity contribution in [1.29, 1.82) is 5.26 Å². The zero-order valence-corrected chi connectivity index (χ0v) is 7.02. The molecule has 1 aromatic carbocycles. The highest BCUT2D eigenvalue weighted by molar-refractivity contribution is 6.31. The van der Waals surface area contributed by atoms with E-state index in [9.17, 15) is 0 Å². The van der Waals surface area contributed by atoms with Gasteiger partial charge in [0.2, 0.25) is 0 Å². The Hall–Kier alpha value is -1.00. The lowest BCUT2D eigenvalue weighted by molar-refractivity contribution is 1.25. The van der Waals surface area contributed by atoms with Gasteiger partial charge in [0.15, 0.2) is 0 Å². The van der Waals surface area contributed by atoms with E-state index in [-0.39, 0.29) is 0 Å². The van der Waals surface area contributed by atoms with E-state index in [0.29, 0.717) is 6.42 Å². The summed E-state index contributed by atoms with van der Waals surface area (Å²) < 4.78 is 0. The summed E-state index contributed by atoms with van der Waals surface area (Å²) in [6.07, 6.45) is 0.431. The molecule has 0 spiro atoms. The van der Waals surface area contributed by atoms with E-state index < -0.39 is 0 Å². The van der Waals surface area contributed by atoms with Crippen molar-refractivity contribution >= 4 is 11.6 Å². The van der Waals surface area contributed by atoms with Gasteiger partial charge >= 0.3 is 0 Å². The molecular weight excluding hydrogens is 158 g/mol. The molecule has 0 aliphatic carbocycles. The molecule has 1 rings (SSSR count). The molecule has 0 saturated carbocycles. The highest BCUT2D eigenvalue weighted by atomic mass is 35.5. The number of nitriles is 1. The molecule has 11 heavy (non-hydrogen) atoms. The fourth-order valence-electron chi connectivity index (χ4n) is 0.838. The topological polar surface area (TPSA) is 23.8 Å². The summed E-state index contributed by atoms with van der Waals surface area (Å²) in [5.41, 5.74) is 2.02. The maximum atomic E-state index is 8.39. The molecule has 0 fully saturated rings. The minimum absolute atomic E-state index is 0.431. The average Bonchev–Trinajstić information content (AvgIpc) is 1.98. The van der Waals surface area contributed by atoms with Crippen LogP contribution in [0, 0.1) is 18.3 Å². The largest absolute Gasteiger partial charge is 0.198 e. The lowest BCUT2D eigenvalue weighted by atomic mass is 10.1. The van der Waals surface area contributed by atoms with E-state index in [1.807, 2.05) is 25.1 Å². The van der Waals surface area contributed by atoms with Crippen LogP contribution in [0.5, 0.6) is 0 Å². The van der Waals surface area contributed by atoms with Gasteiger partial charge in [-0.25, -0.2) is 0 Å². The maximum absolute atomic E-state index is 8.39. The molecule has 1 aromatic rings. The molecule has 1 nitrogen and oxygen atoms in total. The van der Waals surface area contributed by atoms with Gasteiger partial charge in [-0.3, -0.25) is 0 Å². The van der Waals surface area contributed by atoms with E-state index in [4.69, 9.17) is 16.9 Å². The first kappa shape index (κ1) is 8.10. The first-order chi connectivity index (χ1) is 5.24. The van der Waals surface area contributed by atoms with Crippen molar-refractivity contribution in [2.45, 2.75) is 13.3 Å². The predicted molar refractivity (Wildman–Crippen MR) is 45.5 cm³/mol. The molecule has 0 bridgehead atoms. The Morgan fingerprint density at radius 3 is 2.82 bits per heavy atom. The van der Waals surface area contributed by atoms with Crippen LogP contribution >= 0.6 is 11.6 Å². The standard InChI is InChI=1S/C9H8ClN/c1-7-2-3-8(4-5-11)6-9(7)10/h2-3,6H,4H2,1H3. The lowest BCUT2D eigenvalue weighted by Gasteiger charge is -1.98. The molecular formula is C9H8ClN. The molecule has 56 valence electrons. The zero-order chi connectivity index (χ0) is 8.27. The molecule has 0 aliphatic rings. The van der Waals surface area contributed by atoms with Crippen LogP contribution in [0.15, 0.2) is 18.2 Å². The number of aryl methyl sites for hydroxylation is 1. The summed E-state index contributed by atoms with van der Waals surface area (Å²) in [5, 5.41) is 9.12. The first-order valence-electron chi connectivity index (χ1n) is 3.36. The number of halogens is 1. The molecule has 0 saturated heterocycles. The van der Waals surface area contributed by atoms with Crippen molar-refractivity contribution in [3.05, 3.63) is 34.3 Å². The first-order valence-corrected chi connectivity index (χ1v) is 3.74. The average molecular weight is 166 g/mol. The Kier molecular flexibility index (Phi) is 2.51. The molecule has 2 heteroatoms. The van der Waals surface area contributed by atoms with Crippen LogP contribution in [-0.2, 0) is 6.42 Å². The van der Waals surface area contributed by atoms with Gasteiger partial charge in [-0.15, -0.1) is 0 Å². The minimum atomic E-state index is 0.431. The fourth-order valence-corrected chi connectivity index (χ4v) is 1.04. The highest BCUT2D eigenvalue weighted by Gasteiger charge is 1.95. The number of rotatable bonds is 1. The van der Waals surface area contributed by atoms with Gasteiger partial charge in [-0.05, 0) is 24.1 Å². The third kappa shape index (κ3) is 1.96. The van der Waals surface area contributed by atoms with E-state index in [1.165, 1.54) is 0 Å². The van der Waals surface area contributed by atoms with Gasteiger partial charge in [0.1, 0.15) is 0 Å². The number of hydrogen-bond acceptors (Lipinski definition) is 1. The predicted octanol–water partition coefficient (Wildman–Crippen LogP) is 2.71. The second kappa shape index (κ2) is 3.41. The molecule has 0 N–H and O–H groups in total. The van der Waals surface area contributed by atoms with Crippen molar-refractivity contribution in [1.82, 2.24) is 0 Å². The van der Waals surface area contributed by atoms with Crippen molar-refractivity contribution in [3.8, 4) is 6.07 Å². The molecule has 0 aliphatic heterocycles. The summed E-state index contributed by atoms with van der Waals surface area (Å²) in [6.45, 7) is 1.94. The fraction of sp³-hybridized carbons (Fsp3) is 0.222. The molecule has 0 aromatic heterocycles. The summed E-state index contributed by atoms with van der Waals surface area (Å²) in [6, 6.07) is 7.75. The normalized spacial score (nSPS) is 9.18. The highest BCUT2D eigenvalue weighted by Crippen LogP contribution is 2.16. The van der Waals surface area contributed by atoms with E-state index in [2.05, 4.69) is 6.07 Å². The third-order valence-corrected chi connectivity index (χ3v) is 1.93. The molecule has 0 unspecified atom stereocenters. The summed E-state index contributed by atoms with van der Waals surface area (Å²) in [7, 11) is 0. The Morgan fingerprint density at radius 1 is 1.55 bits per heavy atom. The van der Waals surface area contributed by atoms with Gasteiger partial charge in [-0.2, -0.15) is 5.26 Å². The van der Waals surface area contributed by atoms with Gasteiger partial charge in [-0.1, -0.05) is 23.7 Å². The zero-order valence-electron chi connectivity index (χ0n) is 6.26. The number of nitrogens with zero attached hydrogens (tertiary/aromatic N) is 1. The van der Waals surface area contributed by atoms with Crippen molar-refractivity contribution in [2.75, 3.05) is 0 Å². The van der Waals surface area contributed by atoms with Crippen LogP contribution in [0.3, 0.4) is 0 Å². The molecule has 0 radical (unpaired) electrons. The minimum Gasteiger partial charge on any atom is -0.198 e. The van der Waals surface area contributed by atoms with Gasteiger partial charge < -0.3 is 0 Å². The van der Waals surface area contributed by atoms with E-state index in [0.717, 1.165) is 16.1 Å². The maximum Gasteiger partial charge on any atom is 0.0669 e. The van der Waals surface area contributed by atoms with Crippen LogP contribution in [0.1, 0.15) is 11.1 Å². The van der Waals surface area contributed by atoms with Gasteiger partial charge in [0.25, 0.3) is 0 Å². The van der Waals surface area contributed by atoms with Crippen molar-refractivity contribution in [2.24, 2.45) is 0 Å². The second-order valence-electron chi connectivity index (χ2n) is 2.42. The molecule has 0 amide bonds. The van der Waals surface area contributed by atoms with Crippen LogP contribution in [0.25, 0.3) is 0 Å². The van der Waals surface area contributed by atoms with Crippen LogP contribution in [0.2, 0.25) is 5.02 Å². The third-order valence-electron chi connectivity index (χ3n) is 1.52. The Bertz CT molecular complexity index is 299. The van der Waals surface area contributed by atoms with E-state index >= 15 is 0 Å².